The Balaban J connectivity index is -0.00000000800. The van der Waals surface area contributed by atoms with Gasteiger partial charge in [0.25, 0.3) is 0 Å². The summed E-state index contributed by atoms with van der Waals surface area (Å²) in [5, 5.41) is 0. The molecule has 5 nitrogen and oxygen atoms in total. The van der Waals surface area contributed by atoms with E-state index in [0.717, 1.165) is 0 Å². The van der Waals surface area contributed by atoms with Gasteiger partial charge in [-0.05, 0) is 0 Å². The predicted molar refractivity (Wildman–Crippen MR) is 26.2 cm³/mol. The molecule has 0 bridgehead atoms. The molecule has 0 aromatic carbocycles. The minimum Gasteiger partial charge on any atom is -1.00 e. The minimum absolute atomic E-state index is 0. The van der Waals surface area contributed by atoms with Gasteiger partial charge in [-0.2, -0.15) is 0 Å². The summed E-state index contributed by atoms with van der Waals surface area (Å²) in [7, 11) is -4.61. The van der Waals surface area contributed by atoms with Gasteiger partial charge in [0.2, 0.25) is 0 Å². The van der Waals surface area contributed by atoms with Crippen molar-refractivity contribution in [1.82, 2.24) is 0 Å². The first kappa shape index (κ1) is 22.5. The van der Waals surface area contributed by atoms with Gasteiger partial charge >= 0.3 is 46.8 Å². The average molecular weight is 207 g/mol. The van der Waals surface area contributed by atoms with Crippen molar-refractivity contribution >= 4 is 46.8 Å². The normalized spacial score (nSPS) is 7.50. The summed E-state index contributed by atoms with van der Waals surface area (Å²) < 4.78 is 0. The summed E-state index contributed by atoms with van der Waals surface area (Å²) in [6.45, 7) is 0. The van der Waals surface area contributed by atoms with Crippen LogP contribution in [0.2, 0.25) is 0 Å². The van der Waals surface area contributed by atoms with Crippen molar-refractivity contribution in [1.29, 1.82) is 0 Å². The Labute approximate surface area is 92.0 Å². The molecule has 0 saturated carbocycles. The molecule has 0 heterocycles. The standard InChI is InChI=1S/Ca.H4O4Si.H2O.V.2H/c;1-5(2,3)4;;;;/h;1-4H;1H2;;;/q+2;;;;2*-1. The van der Waals surface area contributed by atoms with Gasteiger partial charge in [0, 0.05) is 18.6 Å². The molecular weight excluding hydrogens is 199 g/mol. The van der Waals surface area contributed by atoms with Crippen LogP contribution in [0.4, 0.5) is 0 Å². The Bertz CT molecular complexity index is 35.1. The molecule has 0 unspecified atom stereocenters. The molecule has 8 heteroatoms. The summed E-state index contributed by atoms with van der Waals surface area (Å²) in [5.41, 5.74) is 0. The second-order valence-electron chi connectivity index (χ2n) is 0.600. The van der Waals surface area contributed by atoms with E-state index in [1.165, 1.54) is 0 Å². The van der Waals surface area contributed by atoms with Crippen LogP contribution in [0.5, 0.6) is 0 Å². The molecule has 0 aliphatic heterocycles. The van der Waals surface area contributed by atoms with E-state index in [4.69, 9.17) is 19.2 Å². The van der Waals surface area contributed by atoms with Gasteiger partial charge in [-0.1, -0.05) is 0 Å². The minimum atomic E-state index is -4.61. The van der Waals surface area contributed by atoms with Crippen molar-refractivity contribution in [3.8, 4) is 0 Å². The Kier molecular flexibility index (Phi) is 25.0. The molecule has 49 valence electrons. The van der Waals surface area contributed by atoms with Crippen LogP contribution in [-0.2, 0) is 18.6 Å². The van der Waals surface area contributed by atoms with Gasteiger partial charge in [0.1, 0.15) is 0 Å². The van der Waals surface area contributed by atoms with E-state index in [9.17, 15) is 0 Å². The van der Waals surface area contributed by atoms with E-state index >= 15 is 0 Å². The Morgan fingerprint density at radius 1 is 1.00 bits per heavy atom. The van der Waals surface area contributed by atoms with Crippen molar-refractivity contribution < 1.29 is 46.1 Å². The first-order chi connectivity index (χ1) is 2.00. The molecular formula is H8CaO5SiV. The second kappa shape index (κ2) is 8.86. The monoisotopic (exact) mass is 207 g/mol. The Morgan fingerprint density at radius 2 is 1.00 bits per heavy atom. The number of hydrogen-bond acceptors (Lipinski definition) is 4. The van der Waals surface area contributed by atoms with Crippen LogP contribution in [0.1, 0.15) is 2.85 Å². The van der Waals surface area contributed by atoms with E-state index < -0.39 is 9.05 Å². The Morgan fingerprint density at radius 3 is 1.00 bits per heavy atom. The SMILES string of the molecule is O.O[Si](O)(O)O.[Ca+2].[H-].[H-].[V]. The van der Waals surface area contributed by atoms with Crippen LogP contribution < -0.4 is 0 Å². The zero-order valence-electron chi connectivity index (χ0n) is 5.94. The number of hydrogen-bond donors (Lipinski definition) is 4. The maximum Gasteiger partial charge on any atom is 2.00 e. The summed E-state index contributed by atoms with van der Waals surface area (Å²) in [4.78, 5) is 29.3. The second-order valence-corrected chi connectivity index (χ2v) is 1.80. The van der Waals surface area contributed by atoms with Crippen molar-refractivity contribution in [2.45, 2.75) is 0 Å². The van der Waals surface area contributed by atoms with E-state index in [2.05, 4.69) is 0 Å². The third kappa shape index (κ3) is 107. The summed E-state index contributed by atoms with van der Waals surface area (Å²) in [6.07, 6.45) is 0. The third-order valence-electron chi connectivity index (χ3n) is 0. The molecule has 0 aromatic heterocycles. The van der Waals surface area contributed by atoms with E-state index in [0.29, 0.717) is 0 Å². The molecule has 0 aliphatic rings. The van der Waals surface area contributed by atoms with E-state index in [1.54, 1.807) is 0 Å². The maximum absolute atomic E-state index is 7.33. The van der Waals surface area contributed by atoms with Crippen molar-refractivity contribution in [2.75, 3.05) is 0 Å². The molecule has 0 aliphatic carbocycles. The number of rotatable bonds is 0. The molecule has 0 atom stereocenters. The zero-order valence-corrected chi connectivity index (χ0v) is 8.55. The largest absolute Gasteiger partial charge is 2.00 e. The third-order valence-corrected chi connectivity index (χ3v) is 0. The van der Waals surface area contributed by atoms with Gasteiger partial charge in [-0.3, -0.25) is 0 Å². The first-order valence-electron chi connectivity index (χ1n) is 0.894. The van der Waals surface area contributed by atoms with Crippen molar-refractivity contribution in [2.24, 2.45) is 0 Å². The maximum atomic E-state index is 7.33. The zero-order chi connectivity index (χ0) is 4.50. The summed E-state index contributed by atoms with van der Waals surface area (Å²) in [5.74, 6) is 0. The van der Waals surface area contributed by atoms with Gasteiger partial charge in [-0.15, -0.1) is 0 Å². The van der Waals surface area contributed by atoms with Crippen LogP contribution in [-0.4, -0.2) is 71.4 Å². The summed E-state index contributed by atoms with van der Waals surface area (Å²) >= 11 is 0. The first-order valence-corrected chi connectivity index (χ1v) is 2.68. The van der Waals surface area contributed by atoms with Gasteiger partial charge in [0.05, 0.1) is 0 Å². The fourth-order valence-corrected chi connectivity index (χ4v) is 0. The molecule has 6 N–H and O–H groups in total. The molecule has 0 spiro atoms. The summed E-state index contributed by atoms with van der Waals surface area (Å²) in [6, 6.07) is 0. The molecule has 0 saturated heterocycles. The quantitative estimate of drug-likeness (QED) is 0.307. The average Bonchev–Trinajstić information content (AvgIpc) is 0.722. The fourth-order valence-electron chi connectivity index (χ4n) is 0. The van der Waals surface area contributed by atoms with Crippen LogP contribution in [0.25, 0.3) is 0 Å². The smallest absolute Gasteiger partial charge is 1.00 e. The molecule has 0 amide bonds. The molecule has 0 aromatic rings. The molecule has 8 heavy (non-hydrogen) atoms. The topological polar surface area (TPSA) is 112 Å². The molecule has 0 fully saturated rings. The van der Waals surface area contributed by atoms with E-state index in [1.807, 2.05) is 0 Å². The molecule has 0 rings (SSSR count). The van der Waals surface area contributed by atoms with Crippen molar-refractivity contribution in [3.63, 3.8) is 0 Å². The fraction of sp³-hybridized carbons (Fsp3) is 0. The molecule has 1 radical (unpaired) electrons. The van der Waals surface area contributed by atoms with E-state index in [-0.39, 0.29) is 64.6 Å². The predicted octanol–water partition coefficient (Wildman–Crippen LogP) is -3.59. The Hall–Kier alpha value is 1.86. The van der Waals surface area contributed by atoms with Gasteiger partial charge in [0.15, 0.2) is 0 Å². The van der Waals surface area contributed by atoms with Crippen LogP contribution in [0.15, 0.2) is 0 Å². The van der Waals surface area contributed by atoms with Crippen LogP contribution >= 0.6 is 0 Å². The van der Waals surface area contributed by atoms with Gasteiger partial charge in [-0.25, -0.2) is 0 Å². The van der Waals surface area contributed by atoms with Gasteiger partial charge < -0.3 is 27.5 Å². The van der Waals surface area contributed by atoms with Crippen molar-refractivity contribution in [3.05, 3.63) is 0 Å². The van der Waals surface area contributed by atoms with Crippen LogP contribution in [0.3, 0.4) is 0 Å². The van der Waals surface area contributed by atoms with Crippen LogP contribution in [0, 0.1) is 0 Å².